The lowest BCUT2D eigenvalue weighted by Gasteiger charge is -2.08. The van der Waals surface area contributed by atoms with Crippen LogP contribution in [0.2, 0.25) is 5.02 Å². The number of fused-ring (bicyclic) bond motifs is 1. The molecule has 0 aliphatic rings. The zero-order valence-corrected chi connectivity index (χ0v) is 16.3. The number of nitrogens with zero attached hydrogens (tertiary/aromatic N) is 1. The van der Waals surface area contributed by atoms with Gasteiger partial charge in [-0.1, -0.05) is 35.9 Å². The molecule has 1 amide bonds. The first kappa shape index (κ1) is 17.1. The minimum Gasteiger partial charge on any atom is -0.436 e. The number of carbonyl (C=O) groups is 1. The fourth-order valence-electron chi connectivity index (χ4n) is 2.60. The lowest BCUT2D eigenvalue weighted by molar-refractivity contribution is 0.102. The lowest BCUT2D eigenvalue weighted by atomic mass is 10.1. The second-order valence-corrected chi connectivity index (χ2v) is 7.18. The van der Waals surface area contributed by atoms with E-state index in [1.807, 2.05) is 42.5 Å². The number of aromatic nitrogens is 1. The van der Waals surface area contributed by atoms with E-state index in [1.54, 1.807) is 24.3 Å². The molecular weight excluding hydrogens is 463 g/mol. The van der Waals surface area contributed by atoms with E-state index < -0.39 is 0 Å². The molecule has 4 nitrogen and oxygen atoms in total. The van der Waals surface area contributed by atoms with Crippen molar-refractivity contribution in [1.82, 2.24) is 4.98 Å². The smallest absolute Gasteiger partial charge is 0.256 e. The van der Waals surface area contributed by atoms with Gasteiger partial charge >= 0.3 is 0 Å². The molecule has 0 bridgehead atoms. The van der Waals surface area contributed by atoms with Crippen LogP contribution >= 0.6 is 34.2 Å². The molecule has 0 atom stereocenters. The van der Waals surface area contributed by atoms with Gasteiger partial charge in [0.25, 0.3) is 5.91 Å². The molecule has 0 saturated heterocycles. The molecule has 0 unspecified atom stereocenters. The van der Waals surface area contributed by atoms with E-state index in [-0.39, 0.29) is 5.91 Å². The normalized spacial score (nSPS) is 10.8. The van der Waals surface area contributed by atoms with Crippen molar-refractivity contribution >= 4 is 56.9 Å². The Bertz CT molecular complexity index is 1090. The number of anilines is 1. The van der Waals surface area contributed by atoms with Gasteiger partial charge in [-0.2, -0.15) is 0 Å². The average molecular weight is 475 g/mol. The third-order valence-electron chi connectivity index (χ3n) is 3.87. The van der Waals surface area contributed by atoms with Gasteiger partial charge in [0.2, 0.25) is 5.89 Å². The van der Waals surface area contributed by atoms with E-state index in [0.29, 0.717) is 33.3 Å². The first-order chi connectivity index (χ1) is 12.6. The van der Waals surface area contributed by atoms with Crippen LogP contribution < -0.4 is 5.32 Å². The van der Waals surface area contributed by atoms with E-state index in [2.05, 4.69) is 32.9 Å². The molecular formula is C20H12ClIN2O2. The molecule has 0 saturated carbocycles. The number of amides is 1. The van der Waals surface area contributed by atoms with Gasteiger partial charge in [0.05, 0.1) is 16.1 Å². The largest absolute Gasteiger partial charge is 0.436 e. The molecule has 26 heavy (non-hydrogen) atoms. The lowest BCUT2D eigenvalue weighted by Crippen LogP contribution is -2.13. The van der Waals surface area contributed by atoms with E-state index in [4.69, 9.17) is 16.0 Å². The Balaban J connectivity index is 1.68. The Morgan fingerprint density at radius 2 is 1.81 bits per heavy atom. The summed E-state index contributed by atoms with van der Waals surface area (Å²) in [6.07, 6.45) is 0. The second kappa shape index (κ2) is 7.09. The first-order valence-electron chi connectivity index (χ1n) is 7.83. The summed E-state index contributed by atoms with van der Waals surface area (Å²) in [5.74, 6) is 0.238. The summed E-state index contributed by atoms with van der Waals surface area (Å²) in [5, 5.41) is 3.40. The van der Waals surface area contributed by atoms with Crippen LogP contribution in [0.4, 0.5) is 5.69 Å². The number of halogens is 2. The summed E-state index contributed by atoms with van der Waals surface area (Å²) in [7, 11) is 0. The standard InChI is InChI=1S/C20H12ClIN2O2/c21-15-10-9-12(23-19(25)13-5-1-2-6-16(13)22)11-14(15)20-24-17-7-3-4-8-18(17)26-20/h1-11H,(H,23,25). The number of rotatable bonds is 3. The third kappa shape index (κ3) is 3.32. The topological polar surface area (TPSA) is 55.1 Å². The van der Waals surface area contributed by atoms with Gasteiger partial charge in [-0.15, -0.1) is 0 Å². The number of hydrogen-bond donors (Lipinski definition) is 1. The highest BCUT2D eigenvalue weighted by atomic mass is 127. The van der Waals surface area contributed by atoms with Gasteiger partial charge in [0.1, 0.15) is 5.52 Å². The summed E-state index contributed by atoms with van der Waals surface area (Å²) in [6, 6.07) is 20.2. The van der Waals surface area contributed by atoms with Crippen molar-refractivity contribution in [1.29, 1.82) is 0 Å². The molecule has 6 heteroatoms. The van der Waals surface area contributed by atoms with E-state index >= 15 is 0 Å². The SMILES string of the molecule is O=C(Nc1ccc(Cl)c(-c2nc3ccccc3o2)c1)c1ccccc1I. The Kier molecular flexibility index (Phi) is 4.65. The number of carbonyl (C=O) groups excluding carboxylic acids is 1. The summed E-state index contributed by atoms with van der Waals surface area (Å²) >= 11 is 8.46. The van der Waals surface area contributed by atoms with Crippen LogP contribution in [0.5, 0.6) is 0 Å². The summed E-state index contributed by atoms with van der Waals surface area (Å²) in [4.78, 5) is 17.0. The summed E-state index contributed by atoms with van der Waals surface area (Å²) in [5.41, 5.74) is 3.31. The van der Waals surface area contributed by atoms with Crippen molar-refractivity contribution < 1.29 is 9.21 Å². The summed E-state index contributed by atoms with van der Waals surface area (Å²) in [6.45, 7) is 0. The van der Waals surface area contributed by atoms with Crippen LogP contribution in [0.3, 0.4) is 0 Å². The first-order valence-corrected chi connectivity index (χ1v) is 9.29. The average Bonchev–Trinajstić information content (AvgIpc) is 3.07. The van der Waals surface area contributed by atoms with Gasteiger partial charge in [-0.3, -0.25) is 4.79 Å². The number of nitrogens with one attached hydrogen (secondary N) is 1. The van der Waals surface area contributed by atoms with Crippen LogP contribution in [0.25, 0.3) is 22.6 Å². The summed E-state index contributed by atoms with van der Waals surface area (Å²) < 4.78 is 6.67. The molecule has 1 heterocycles. The molecule has 0 spiro atoms. The number of oxazole rings is 1. The highest BCUT2D eigenvalue weighted by Crippen LogP contribution is 2.32. The van der Waals surface area contributed by atoms with Crippen LogP contribution in [-0.2, 0) is 0 Å². The predicted molar refractivity (Wildman–Crippen MR) is 112 cm³/mol. The minimum absolute atomic E-state index is 0.180. The Hall–Kier alpha value is -2.38. The molecule has 0 aliphatic heterocycles. The molecule has 1 aromatic heterocycles. The molecule has 4 rings (SSSR count). The van der Waals surface area contributed by atoms with Gasteiger partial charge in [0.15, 0.2) is 5.58 Å². The number of hydrogen-bond acceptors (Lipinski definition) is 3. The third-order valence-corrected chi connectivity index (χ3v) is 5.14. The Morgan fingerprint density at radius 3 is 2.62 bits per heavy atom. The van der Waals surface area contributed by atoms with Crippen molar-refractivity contribution in [2.24, 2.45) is 0 Å². The molecule has 0 radical (unpaired) electrons. The second-order valence-electron chi connectivity index (χ2n) is 5.62. The molecule has 1 N–H and O–H groups in total. The quantitative estimate of drug-likeness (QED) is 0.370. The van der Waals surface area contributed by atoms with Crippen LogP contribution in [0.15, 0.2) is 71.1 Å². The number of benzene rings is 3. The number of para-hydroxylation sites is 2. The predicted octanol–water partition coefficient (Wildman–Crippen LogP) is 6.01. The van der Waals surface area contributed by atoms with Gasteiger partial charge in [0, 0.05) is 9.26 Å². The fraction of sp³-hybridized carbons (Fsp3) is 0. The van der Waals surface area contributed by atoms with E-state index in [9.17, 15) is 4.79 Å². The maximum absolute atomic E-state index is 12.5. The minimum atomic E-state index is -0.180. The van der Waals surface area contributed by atoms with Crippen molar-refractivity contribution in [3.05, 3.63) is 80.9 Å². The maximum Gasteiger partial charge on any atom is 0.256 e. The van der Waals surface area contributed by atoms with Gasteiger partial charge < -0.3 is 9.73 Å². The van der Waals surface area contributed by atoms with E-state index in [1.165, 1.54) is 0 Å². The molecule has 0 fully saturated rings. The van der Waals surface area contributed by atoms with Gasteiger partial charge in [-0.05, 0) is 65.1 Å². The zero-order chi connectivity index (χ0) is 18.1. The van der Waals surface area contributed by atoms with Crippen molar-refractivity contribution in [2.45, 2.75) is 0 Å². The van der Waals surface area contributed by atoms with Crippen molar-refractivity contribution in [3.63, 3.8) is 0 Å². The Labute approximate surface area is 168 Å². The molecule has 3 aromatic carbocycles. The maximum atomic E-state index is 12.5. The Morgan fingerprint density at radius 1 is 1.04 bits per heavy atom. The zero-order valence-electron chi connectivity index (χ0n) is 13.4. The molecule has 0 aliphatic carbocycles. The molecule has 4 aromatic rings. The fourth-order valence-corrected chi connectivity index (χ4v) is 3.43. The van der Waals surface area contributed by atoms with Crippen molar-refractivity contribution in [2.75, 3.05) is 5.32 Å². The van der Waals surface area contributed by atoms with Crippen LogP contribution in [-0.4, -0.2) is 10.9 Å². The van der Waals surface area contributed by atoms with Crippen LogP contribution in [0.1, 0.15) is 10.4 Å². The van der Waals surface area contributed by atoms with Gasteiger partial charge in [-0.25, -0.2) is 4.98 Å². The van der Waals surface area contributed by atoms with Crippen LogP contribution in [0, 0.1) is 3.57 Å². The monoisotopic (exact) mass is 474 g/mol. The molecule has 128 valence electrons. The van der Waals surface area contributed by atoms with Crippen molar-refractivity contribution in [3.8, 4) is 11.5 Å². The highest BCUT2D eigenvalue weighted by molar-refractivity contribution is 14.1. The highest BCUT2D eigenvalue weighted by Gasteiger charge is 2.14. The van der Waals surface area contributed by atoms with E-state index in [0.717, 1.165) is 9.09 Å².